The summed E-state index contributed by atoms with van der Waals surface area (Å²) in [5.41, 5.74) is 4.09. The van der Waals surface area contributed by atoms with E-state index in [1.165, 1.54) is 12.3 Å². The summed E-state index contributed by atoms with van der Waals surface area (Å²) in [6, 6.07) is 1.83. The Kier molecular flexibility index (Phi) is 8.71. The van der Waals surface area contributed by atoms with Gasteiger partial charge in [0.05, 0.1) is 57.3 Å². The number of aromatic nitrogens is 3. The van der Waals surface area contributed by atoms with Gasteiger partial charge in [-0.3, -0.25) is 9.88 Å². The maximum absolute atomic E-state index is 15.2. The Morgan fingerprint density at radius 2 is 1.87 bits per heavy atom. The van der Waals surface area contributed by atoms with Gasteiger partial charge in [-0.2, -0.15) is 28.4 Å². The smallest absolute Gasteiger partial charge is 0.420 e. The van der Waals surface area contributed by atoms with Crippen LogP contribution in [0.3, 0.4) is 0 Å². The molecule has 2 aliphatic heterocycles. The first-order valence-electron chi connectivity index (χ1n) is 15.6. The molecule has 1 saturated heterocycles. The molecule has 0 amide bonds. The molecular weight excluding hydrogens is 622 g/mol. The minimum Gasteiger partial charge on any atom is -0.463 e. The molecule has 2 unspecified atom stereocenters. The second-order valence-corrected chi connectivity index (χ2v) is 13.7. The number of rotatable bonds is 9. The summed E-state index contributed by atoms with van der Waals surface area (Å²) in [6.07, 6.45) is 0.889. The fourth-order valence-electron chi connectivity index (χ4n) is 6.83. The Balaban J connectivity index is 1.43. The van der Waals surface area contributed by atoms with Crippen molar-refractivity contribution in [3.63, 3.8) is 0 Å². The molecule has 246 valence electrons. The van der Waals surface area contributed by atoms with E-state index in [1.54, 1.807) is 0 Å². The van der Waals surface area contributed by atoms with Crippen molar-refractivity contribution in [1.82, 2.24) is 19.9 Å². The zero-order valence-electron chi connectivity index (χ0n) is 26.2. The molecule has 9 nitrogen and oxygen atoms in total. The van der Waals surface area contributed by atoms with Crippen LogP contribution >= 0.6 is 11.8 Å². The molecule has 0 radical (unpaired) electrons. The highest BCUT2D eigenvalue weighted by molar-refractivity contribution is 8.04. The lowest BCUT2D eigenvalue weighted by Crippen LogP contribution is -2.48. The number of halogens is 4. The van der Waals surface area contributed by atoms with Crippen LogP contribution < -0.4 is 15.4 Å². The quantitative estimate of drug-likeness (QED) is 0.330. The van der Waals surface area contributed by atoms with Crippen LogP contribution in [0.4, 0.5) is 23.4 Å². The number of hydrogen-bond acceptors (Lipinski definition) is 10. The molecule has 14 heteroatoms. The monoisotopic (exact) mass is 659 g/mol. The second-order valence-electron chi connectivity index (χ2n) is 12.6. The number of alkyl halides is 3. The normalized spacial score (nSPS) is 26.0. The first-order chi connectivity index (χ1) is 21.9. The number of pyridine rings is 1. The SMILES string of the molecule is CCN(CC)c1nc(OCC2(CN3C[C@@H](C)O[C@H](C)C3)CC2)nc2c(C(F)(F)F)c(C3=CC=C(F)C4SC(N)=C(C#N)C34)ncc12. The van der Waals surface area contributed by atoms with Gasteiger partial charge in [-0.1, -0.05) is 17.8 Å². The third kappa shape index (κ3) is 6.04. The Hall–Kier alpha value is -3.41. The highest BCUT2D eigenvalue weighted by Gasteiger charge is 2.48. The van der Waals surface area contributed by atoms with Crippen LogP contribution in [0.25, 0.3) is 16.5 Å². The molecule has 2 aliphatic carbocycles. The molecular formula is C32H37F4N7O2S. The molecule has 2 aromatic rings. The van der Waals surface area contributed by atoms with Gasteiger partial charge < -0.3 is 20.1 Å². The van der Waals surface area contributed by atoms with Crippen LogP contribution in [-0.4, -0.2) is 76.6 Å². The Morgan fingerprint density at radius 3 is 2.48 bits per heavy atom. The van der Waals surface area contributed by atoms with Crippen LogP contribution in [0.15, 0.2) is 34.8 Å². The molecule has 6 rings (SSSR count). The van der Waals surface area contributed by atoms with E-state index in [9.17, 15) is 9.65 Å². The summed E-state index contributed by atoms with van der Waals surface area (Å²) in [7, 11) is 0. The maximum atomic E-state index is 15.2. The number of thioether (sulfide) groups is 1. The van der Waals surface area contributed by atoms with Crippen molar-refractivity contribution in [2.24, 2.45) is 17.1 Å². The summed E-state index contributed by atoms with van der Waals surface area (Å²) in [6.45, 7) is 11.5. The van der Waals surface area contributed by atoms with E-state index in [0.717, 1.165) is 50.3 Å². The van der Waals surface area contributed by atoms with Gasteiger partial charge in [0.1, 0.15) is 17.2 Å². The zero-order valence-corrected chi connectivity index (χ0v) is 27.0. The number of fused-ring (bicyclic) bond motifs is 2. The largest absolute Gasteiger partial charge is 0.463 e. The molecule has 2 aromatic heterocycles. The maximum Gasteiger partial charge on any atom is 0.420 e. The van der Waals surface area contributed by atoms with Crippen molar-refractivity contribution in [1.29, 1.82) is 5.26 Å². The van der Waals surface area contributed by atoms with Crippen LogP contribution in [-0.2, 0) is 10.9 Å². The zero-order chi connectivity index (χ0) is 33.0. The Labute approximate surface area is 269 Å². The third-order valence-corrected chi connectivity index (χ3v) is 10.3. The summed E-state index contributed by atoms with van der Waals surface area (Å²) >= 11 is 0.927. The average molecular weight is 660 g/mol. The lowest BCUT2D eigenvalue weighted by Gasteiger charge is -2.37. The van der Waals surface area contributed by atoms with E-state index in [1.807, 2.05) is 38.7 Å². The summed E-state index contributed by atoms with van der Waals surface area (Å²) in [4.78, 5) is 17.5. The number of hydrogen-bond donors (Lipinski definition) is 1. The van der Waals surface area contributed by atoms with Crippen molar-refractivity contribution in [3.05, 3.63) is 46.0 Å². The van der Waals surface area contributed by atoms with Gasteiger partial charge in [0.25, 0.3) is 0 Å². The van der Waals surface area contributed by atoms with E-state index < -0.39 is 34.4 Å². The summed E-state index contributed by atoms with van der Waals surface area (Å²) in [5, 5.41) is 9.07. The van der Waals surface area contributed by atoms with Crippen molar-refractivity contribution in [2.45, 2.75) is 64.2 Å². The number of allylic oxidation sites excluding steroid dienone is 4. The van der Waals surface area contributed by atoms with Crippen LogP contribution in [0.2, 0.25) is 0 Å². The lowest BCUT2D eigenvalue weighted by atomic mass is 9.82. The Bertz CT molecular complexity index is 1650. The minimum absolute atomic E-state index is 0.0221. The number of morpholine rings is 1. The van der Waals surface area contributed by atoms with Gasteiger partial charge in [0, 0.05) is 50.3 Å². The first kappa shape index (κ1) is 32.5. The second kappa shape index (κ2) is 12.3. The van der Waals surface area contributed by atoms with Crippen LogP contribution in [0, 0.1) is 22.7 Å². The van der Waals surface area contributed by atoms with Gasteiger partial charge >= 0.3 is 12.2 Å². The molecule has 2 fully saturated rings. The molecule has 0 aromatic carbocycles. The van der Waals surface area contributed by atoms with Gasteiger partial charge in [0.15, 0.2) is 0 Å². The predicted molar refractivity (Wildman–Crippen MR) is 168 cm³/mol. The molecule has 0 bridgehead atoms. The van der Waals surface area contributed by atoms with Gasteiger partial charge in [0.2, 0.25) is 0 Å². The first-order valence-corrected chi connectivity index (χ1v) is 16.4. The standard InChI is InChI=1S/C32H37F4N7O2S/c1-5-43(6-2)29-21-12-39-25(19-7-8-22(33)27-23(19)20(11-37)28(38)46-27)24(32(34,35)36)26(21)40-30(41-29)44-16-31(9-10-31)15-42-13-17(3)45-18(4)14-42/h7-8,12,17-18,23,27H,5-6,9-10,13-16,38H2,1-4H3/t17-,18-,23?,27?/m1/s1. The molecule has 4 atom stereocenters. The van der Waals surface area contributed by atoms with Gasteiger partial charge in [-0.05, 0) is 52.2 Å². The highest BCUT2D eigenvalue weighted by Crippen LogP contribution is 2.53. The van der Waals surface area contributed by atoms with Crippen LogP contribution in [0.5, 0.6) is 6.01 Å². The van der Waals surface area contributed by atoms with Crippen LogP contribution in [0.1, 0.15) is 51.8 Å². The van der Waals surface area contributed by atoms with Crippen molar-refractivity contribution < 1.29 is 27.0 Å². The third-order valence-electron chi connectivity index (χ3n) is 9.12. The number of nitrogens with two attached hydrogens (primary N) is 1. The van der Waals surface area contributed by atoms with Gasteiger partial charge in [-0.25, -0.2) is 4.39 Å². The molecule has 4 aliphatic rings. The van der Waals surface area contributed by atoms with E-state index >= 15 is 13.2 Å². The average Bonchev–Trinajstić information content (AvgIpc) is 3.67. The highest BCUT2D eigenvalue weighted by atomic mass is 32.2. The minimum atomic E-state index is -4.90. The predicted octanol–water partition coefficient (Wildman–Crippen LogP) is 5.83. The van der Waals surface area contributed by atoms with E-state index in [0.29, 0.717) is 13.1 Å². The van der Waals surface area contributed by atoms with E-state index in [-0.39, 0.29) is 63.1 Å². The fraction of sp³-hybridized carbons (Fsp3) is 0.562. The number of nitriles is 1. The number of anilines is 1. The van der Waals surface area contributed by atoms with Gasteiger partial charge in [-0.15, -0.1) is 0 Å². The summed E-state index contributed by atoms with van der Waals surface area (Å²) in [5.74, 6) is -1.31. The van der Waals surface area contributed by atoms with Crippen molar-refractivity contribution >= 4 is 34.1 Å². The molecule has 2 N–H and O–H groups in total. The van der Waals surface area contributed by atoms with E-state index in [2.05, 4.69) is 19.9 Å². The molecule has 1 saturated carbocycles. The van der Waals surface area contributed by atoms with Crippen molar-refractivity contribution in [3.8, 4) is 12.1 Å². The molecule has 46 heavy (non-hydrogen) atoms. The molecule has 0 spiro atoms. The number of ether oxygens (including phenoxy) is 2. The summed E-state index contributed by atoms with van der Waals surface area (Å²) < 4.78 is 72.3. The Morgan fingerprint density at radius 1 is 1.17 bits per heavy atom. The van der Waals surface area contributed by atoms with E-state index in [4.69, 9.17) is 15.2 Å². The van der Waals surface area contributed by atoms with Crippen molar-refractivity contribution in [2.75, 3.05) is 44.2 Å². The topological polar surface area (TPSA) is 113 Å². The number of nitrogens with zero attached hydrogens (tertiary/aromatic N) is 6. The fourth-order valence-corrected chi connectivity index (χ4v) is 8.01. The lowest BCUT2D eigenvalue weighted by molar-refractivity contribution is -0.136. The molecule has 4 heterocycles.